The van der Waals surface area contributed by atoms with Crippen molar-refractivity contribution in [1.29, 1.82) is 0 Å². The molecule has 0 aromatic carbocycles. The molecule has 1 heterocycles. The Bertz CT molecular complexity index is 204. The number of carbonyl (C=O) groups is 1. The maximum atomic E-state index is 12.2. The first-order chi connectivity index (χ1) is 5.96. The number of carbonyl (C=O) groups excluding carboxylic acids is 1. The van der Waals surface area contributed by atoms with Crippen molar-refractivity contribution in [2.75, 3.05) is 13.2 Å². The van der Waals surface area contributed by atoms with Gasteiger partial charge in [-0.05, 0) is 12.8 Å². The second kappa shape index (κ2) is 3.53. The van der Waals surface area contributed by atoms with Gasteiger partial charge in [0.25, 0.3) is 0 Å². The van der Waals surface area contributed by atoms with Crippen LogP contribution in [0.15, 0.2) is 0 Å². The summed E-state index contributed by atoms with van der Waals surface area (Å²) < 4.78 is 36.7. The molecule has 1 aliphatic heterocycles. The lowest BCUT2D eigenvalue weighted by molar-refractivity contribution is -0.183. The molecule has 1 aliphatic rings. The zero-order valence-electron chi connectivity index (χ0n) is 6.84. The monoisotopic (exact) mass is 197 g/mol. The number of alkyl halides is 3. The van der Waals surface area contributed by atoms with E-state index >= 15 is 0 Å². The van der Waals surface area contributed by atoms with Gasteiger partial charge < -0.3 is 10.0 Å². The van der Waals surface area contributed by atoms with Crippen LogP contribution in [0.5, 0.6) is 0 Å². The first kappa shape index (κ1) is 10.3. The number of likely N-dealkylation sites (tertiary alicyclic amines) is 1. The van der Waals surface area contributed by atoms with Crippen molar-refractivity contribution < 1.29 is 23.1 Å². The molecule has 0 aromatic rings. The minimum atomic E-state index is -4.37. The summed E-state index contributed by atoms with van der Waals surface area (Å²) in [4.78, 5) is 11.5. The van der Waals surface area contributed by atoms with Crippen LogP contribution in [-0.4, -0.2) is 41.3 Å². The van der Waals surface area contributed by atoms with Gasteiger partial charge in [-0.25, -0.2) is 0 Å². The van der Waals surface area contributed by atoms with Crippen LogP contribution in [0, 0.1) is 0 Å². The quantitative estimate of drug-likeness (QED) is 0.666. The maximum absolute atomic E-state index is 12.2. The molecule has 0 radical (unpaired) electrons. The fourth-order valence-electron chi connectivity index (χ4n) is 1.50. The first-order valence-corrected chi connectivity index (χ1v) is 3.94. The molecule has 0 aliphatic carbocycles. The van der Waals surface area contributed by atoms with Crippen molar-refractivity contribution >= 4 is 5.91 Å². The SMILES string of the molecule is O=C(CO)N1CCC[C@@H]1C(F)(F)F. The van der Waals surface area contributed by atoms with Gasteiger partial charge in [0.1, 0.15) is 12.6 Å². The molecule has 1 fully saturated rings. The summed E-state index contributed by atoms with van der Waals surface area (Å²) in [5, 5.41) is 8.42. The number of aliphatic hydroxyl groups is 1. The van der Waals surface area contributed by atoms with E-state index in [2.05, 4.69) is 0 Å². The van der Waals surface area contributed by atoms with Crippen molar-refractivity contribution in [1.82, 2.24) is 4.90 Å². The first-order valence-electron chi connectivity index (χ1n) is 3.94. The van der Waals surface area contributed by atoms with Crippen LogP contribution in [0.3, 0.4) is 0 Å². The highest BCUT2D eigenvalue weighted by atomic mass is 19.4. The van der Waals surface area contributed by atoms with Crippen LogP contribution in [0.4, 0.5) is 13.2 Å². The summed E-state index contributed by atoms with van der Waals surface area (Å²) in [6.07, 6.45) is -4.09. The Balaban J connectivity index is 2.70. The van der Waals surface area contributed by atoms with E-state index in [4.69, 9.17) is 5.11 Å². The normalized spacial score (nSPS) is 23.7. The Labute approximate surface area is 73.1 Å². The topological polar surface area (TPSA) is 40.5 Å². The zero-order chi connectivity index (χ0) is 10.1. The summed E-state index contributed by atoms with van der Waals surface area (Å²) in [6.45, 7) is -0.768. The Kier molecular flexibility index (Phi) is 2.80. The Morgan fingerprint density at radius 3 is 2.62 bits per heavy atom. The molecule has 0 unspecified atom stereocenters. The number of hydrogen-bond donors (Lipinski definition) is 1. The smallest absolute Gasteiger partial charge is 0.387 e. The third kappa shape index (κ3) is 2.12. The van der Waals surface area contributed by atoms with Gasteiger partial charge in [0.15, 0.2) is 0 Å². The van der Waals surface area contributed by atoms with Crippen LogP contribution >= 0.6 is 0 Å². The van der Waals surface area contributed by atoms with E-state index in [1.165, 1.54) is 0 Å². The number of aliphatic hydroxyl groups excluding tert-OH is 1. The Morgan fingerprint density at radius 1 is 1.54 bits per heavy atom. The van der Waals surface area contributed by atoms with Crippen LogP contribution in [0.25, 0.3) is 0 Å². The van der Waals surface area contributed by atoms with Crippen molar-refractivity contribution in [2.45, 2.75) is 25.1 Å². The molecule has 6 heteroatoms. The van der Waals surface area contributed by atoms with Crippen LogP contribution in [-0.2, 0) is 4.79 Å². The molecule has 0 bridgehead atoms. The maximum Gasteiger partial charge on any atom is 0.408 e. The molecule has 76 valence electrons. The van der Waals surface area contributed by atoms with Crippen LogP contribution in [0.2, 0.25) is 0 Å². The van der Waals surface area contributed by atoms with E-state index in [1.54, 1.807) is 0 Å². The summed E-state index contributed by atoms with van der Waals surface area (Å²) in [6, 6.07) is -1.70. The van der Waals surface area contributed by atoms with Crippen molar-refractivity contribution in [3.05, 3.63) is 0 Å². The summed E-state index contributed by atoms with van der Waals surface area (Å²) in [7, 11) is 0. The Hall–Kier alpha value is -0.780. The zero-order valence-corrected chi connectivity index (χ0v) is 6.84. The largest absolute Gasteiger partial charge is 0.408 e. The molecular weight excluding hydrogens is 187 g/mol. The molecule has 1 saturated heterocycles. The van der Waals surface area contributed by atoms with Gasteiger partial charge in [-0.1, -0.05) is 0 Å². The standard InChI is InChI=1S/C7H10F3NO2/c8-7(9,10)5-2-1-3-11(5)6(13)4-12/h5,12H,1-4H2/t5-/m1/s1. The highest BCUT2D eigenvalue weighted by Crippen LogP contribution is 2.32. The number of amides is 1. The summed E-state index contributed by atoms with van der Waals surface area (Å²) in [5.74, 6) is -0.847. The minimum Gasteiger partial charge on any atom is -0.387 e. The molecule has 0 aromatic heterocycles. The predicted molar refractivity (Wildman–Crippen MR) is 37.9 cm³/mol. The van der Waals surface area contributed by atoms with E-state index in [9.17, 15) is 18.0 Å². The van der Waals surface area contributed by atoms with E-state index in [-0.39, 0.29) is 13.0 Å². The Morgan fingerprint density at radius 2 is 2.15 bits per heavy atom. The van der Waals surface area contributed by atoms with Crippen molar-refractivity contribution in [3.63, 3.8) is 0 Å². The third-order valence-electron chi connectivity index (χ3n) is 2.09. The second-order valence-corrected chi connectivity index (χ2v) is 2.94. The summed E-state index contributed by atoms with van der Waals surface area (Å²) in [5.41, 5.74) is 0. The highest BCUT2D eigenvalue weighted by Gasteiger charge is 2.47. The molecule has 0 spiro atoms. The molecular formula is C7H10F3NO2. The molecule has 1 rings (SSSR count). The average molecular weight is 197 g/mol. The highest BCUT2D eigenvalue weighted by molar-refractivity contribution is 5.77. The fourth-order valence-corrected chi connectivity index (χ4v) is 1.50. The summed E-state index contributed by atoms with van der Waals surface area (Å²) >= 11 is 0. The van der Waals surface area contributed by atoms with E-state index in [1.807, 2.05) is 0 Å². The lowest BCUT2D eigenvalue weighted by Gasteiger charge is -2.25. The lowest BCUT2D eigenvalue weighted by atomic mass is 10.2. The number of halogens is 3. The van der Waals surface area contributed by atoms with Crippen LogP contribution in [0.1, 0.15) is 12.8 Å². The predicted octanol–water partition coefficient (Wildman–Crippen LogP) is 0.532. The van der Waals surface area contributed by atoms with Crippen LogP contribution < -0.4 is 0 Å². The van der Waals surface area contributed by atoms with E-state index in [0.29, 0.717) is 11.3 Å². The number of nitrogens with zero attached hydrogens (tertiary/aromatic N) is 1. The molecule has 0 saturated carbocycles. The van der Waals surface area contributed by atoms with Gasteiger partial charge in [0.05, 0.1) is 0 Å². The van der Waals surface area contributed by atoms with Gasteiger partial charge in [0, 0.05) is 6.54 Å². The van der Waals surface area contributed by atoms with Gasteiger partial charge >= 0.3 is 6.18 Å². The number of hydrogen-bond acceptors (Lipinski definition) is 2. The van der Waals surface area contributed by atoms with Gasteiger partial charge in [-0.15, -0.1) is 0 Å². The van der Waals surface area contributed by atoms with Gasteiger partial charge in [-0.2, -0.15) is 13.2 Å². The fraction of sp³-hybridized carbons (Fsp3) is 0.857. The minimum absolute atomic E-state index is 0.0603. The molecule has 3 nitrogen and oxygen atoms in total. The lowest BCUT2D eigenvalue weighted by Crippen LogP contribution is -2.45. The second-order valence-electron chi connectivity index (χ2n) is 2.94. The molecule has 13 heavy (non-hydrogen) atoms. The van der Waals surface area contributed by atoms with E-state index in [0.717, 1.165) is 0 Å². The van der Waals surface area contributed by atoms with Crippen molar-refractivity contribution in [3.8, 4) is 0 Å². The third-order valence-corrected chi connectivity index (χ3v) is 2.09. The molecule has 1 amide bonds. The number of rotatable bonds is 1. The van der Waals surface area contributed by atoms with E-state index < -0.39 is 24.7 Å². The van der Waals surface area contributed by atoms with Crippen molar-refractivity contribution in [2.24, 2.45) is 0 Å². The van der Waals surface area contributed by atoms with Gasteiger partial charge in [0.2, 0.25) is 5.91 Å². The molecule has 1 N–H and O–H groups in total. The molecule has 1 atom stereocenters. The van der Waals surface area contributed by atoms with Gasteiger partial charge in [-0.3, -0.25) is 4.79 Å². The average Bonchev–Trinajstić information content (AvgIpc) is 2.49.